The summed E-state index contributed by atoms with van der Waals surface area (Å²) in [5, 5.41) is 9.11. The van der Waals surface area contributed by atoms with Gasteiger partial charge in [-0.1, -0.05) is 0 Å². The highest BCUT2D eigenvalue weighted by atomic mass is 16.5. The minimum Gasteiger partial charge on any atom is -0.494 e. The maximum Gasteiger partial charge on any atom is 0.307 e. The molecule has 3 rings (SSSR count). The molecule has 1 aliphatic heterocycles. The van der Waals surface area contributed by atoms with Gasteiger partial charge in [-0.3, -0.25) is 14.4 Å². The summed E-state index contributed by atoms with van der Waals surface area (Å²) in [6.45, 7) is 3.30. The van der Waals surface area contributed by atoms with Crippen LogP contribution in [0.4, 0.5) is 0 Å². The first-order valence-corrected chi connectivity index (χ1v) is 9.16. The first-order chi connectivity index (χ1) is 12.4. The standard InChI is InChI=1S/C20H25NO5/c1-14(22)15-4-6-16(7-5-15)26-12-2-3-18(23)21-10-8-20(9-11-21)13-17(20)19(24)25/h4-7,17H,2-3,8-13H2,1H3,(H,24,25). The Bertz CT molecular complexity index is 689. The highest BCUT2D eigenvalue weighted by Crippen LogP contribution is 2.59. The molecule has 2 aliphatic rings. The first-order valence-electron chi connectivity index (χ1n) is 9.16. The van der Waals surface area contributed by atoms with Gasteiger partial charge >= 0.3 is 5.97 Å². The molecule has 1 spiro atoms. The molecule has 140 valence electrons. The van der Waals surface area contributed by atoms with E-state index in [2.05, 4.69) is 0 Å². The molecule has 1 saturated carbocycles. The molecule has 1 aromatic rings. The van der Waals surface area contributed by atoms with E-state index in [1.807, 2.05) is 4.90 Å². The summed E-state index contributed by atoms with van der Waals surface area (Å²) in [4.78, 5) is 36.5. The molecule has 6 nitrogen and oxygen atoms in total. The molecule has 1 saturated heterocycles. The minimum atomic E-state index is -0.696. The normalized spacial score (nSPS) is 20.7. The molecule has 1 N–H and O–H groups in total. The monoisotopic (exact) mass is 359 g/mol. The zero-order valence-corrected chi connectivity index (χ0v) is 15.1. The van der Waals surface area contributed by atoms with E-state index in [0.717, 1.165) is 19.3 Å². The summed E-state index contributed by atoms with van der Waals surface area (Å²) in [6.07, 6.45) is 3.43. The molecular weight excluding hydrogens is 334 g/mol. The van der Waals surface area contributed by atoms with Crippen molar-refractivity contribution in [3.05, 3.63) is 29.8 Å². The second-order valence-electron chi connectivity index (χ2n) is 7.37. The van der Waals surface area contributed by atoms with Crippen LogP contribution in [-0.4, -0.2) is 47.4 Å². The van der Waals surface area contributed by atoms with E-state index in [1.165, 1.54) is 6.92 Å². The van der Waals surface area contributed by atoms with E-state index < -0.39 is 5.97 Å². The zero-order valence-electron chi connectivity index (χ0n) is 15.1. The van der Waals surface area contributed by atoms with E-state index in [9.17, 15) is 14.4 Å². The molecule has 2 fully saturated rings. The van der Waals surface area contributed by atoms with Crippen LogP contribution in [0, 0.1) is 11.3 Å². The quantitative estimate of drug-likeness (QED) is 0.598. The van der Waals surface area contributed by atoms with Crippen LogP contribution in [-0.2, 0) is 9.59 Å². The number of ether oxygens (including phenoxy) is 1. The van der Waals surface area contributed by atoms with Crippen LogP contribution < -0.4 is 4.74 Å². The zero-order chi connectivity index (χ0) is 18.7. The molecule has 0 bridgehead atoms. The van der Waals surface area contributed by atoms with E-state index in [0.29, 0.717) is 43.9 Å². The number of hydrogen-bond acceptors (Lipinski definition) is 4. The number of rotatable bonds is 7. The number of carbonyl (C=O) groups excluding carboxylic acids is 2. The third-order valence-corrected chi connectivity index (χ3v) is 5.66. The lowest BCUT2D eigenvalue weighted by Crippen LogP contribution is -2.40. The number of piperidine rings is 1. The molecule has 26 heavy (non-hydrogen) atoms. The molecular formula is C20H25NO5. The predicted molar refractivity (Wildman–Crippen MR) is 95.2 cm³/mol. The minimum absolute atomic E-state index is 0.0198. The number of ketones is 1. The van der Waals surface area contributed by atoms with Gasteiger partial charge in [-0.15, -0.1) is 0 Å². The average molecular weight is 359 g/mol. The molecule has 1 unspecified atom stereocenters. The number of aliphatic carboxylic acids is 1. The van der Waals surface area contributed by atoms with Gasteiger partial charge in [-0.2, -0.15) is 0 Å². The van der Waals surface area contributed by atoms with Crippen LogP contribution in [0.25, 0.3) is 0 Å². The fourth-order valence-electron chi connectivity index (χ4n) is 3.81. The fraction of sp³-hybridized carbons (Fsp3) is 0.550. The summed E-state index contributed by atoms with van der Waals surface area (Å²) in [6, 6.07) is 6.98. The average Bonchev–Trinajstić information content (AvgIpc) is 3.33. The van der Waals surface area contributed by atoms with E-state index in [4.69, 9.17) is 9.84 Å². The summed E-state index contributed by atoms with van der Waals surface area (Å²) in [7, 11) is 0. The summed E-state index contributed by atoms with van der Waals surface area (Å²) < 4.78 is 5.61. The van der Waals surface area contributed by atoms with Gasteiger partial charge in [-0.25, -0.2) is 0 Å². The van der Waals surface area contributed by atoms with Gasteiger partial charge < -0.3 is 14.7 Å². The maximum absolute atomic E-state index is 12.3. The van der Waals surface area contributed by atoms with Gasteiger partial charge in [0, 0.05) is 25.1 Å². The Balaban J connectivity index is 1.35. The van der Waals surface area contributed by atoms with Crippen molar-refractivity contribution < 1.29 is 24.2 Å². The van der Waals surface area contributed by atoms with Crippen molar-refractivity contribution in [2.24, 2.45) is 11.3 Å². The second kappa shape index (κ2) is 7.48. The smallest absolute Gasteiger partial charge is 0.307 e. The lowest BCUT2D eigenvalue weighted by molar-refractivity contribution is -0.139. The lowest BCUT2D eigenvalue weighted by Gasteiger charge is -2.32. The van der Waals surface area contributed by atoms with Crippen molar-refractivity contribution in [1.29, 1.82) is 0 Å². The Labute approximate surface area is 153 Å². The number of nitrogens with zero attached hydrogens (tertiary/aromatic N) is 1. The topological polar surface area (TPSA) is 83.9 Å². The summed E-state index contributed by atoms with van der Waals surface area (Å²) in [5.41, 5.74) is 0.605. The molecule has 0 aromatic heterocycles. The van der Waals surface area contributed by atoms with Crippen LogP contribution >= 0.6 is 0 Å². The predicted octanol–water partition coefficient (Wildman–Crippen LogP) is 2.76. The highest BCUT2D eigenvalue weighted by Gasteiger charge is 2.59. The van der Waals surface area contributed by atoms with E-state index in [-0.39, 0.29) is 23.0 Å². The Morgan fingerprint density at radius 1 is 1.19 bits per heavy atom. The van der Waals surface area contributed by atoms with Gasteiger partial charge in [0.1, 0.15) is 5.75 Å². The van der Waals surface area contributed by atoms with Crippen molar-refractivity contribution in [3.8, 4) is 5.75 Å². The molecule has 1 atom stereocenters. The van der Waals surface area contributed by atoms with Crippen molar-refractivity contribution >= 4 is 17.7 Å². The maximum atomic E-state index is 12.3. The van der Waals surface area contributed by atoms with E-state index in [1.54, 1.807) is 24.3 Å². The number of carboxylic acid groups (broad SMARTS) is 1. The van der Waals surface area contributed by atoms with Crippen LogP contribution in [0.5, 0.6) is 5.75 Å². The van der Waals surface area contributed by atoms with Gasteiger partial charge in [0.15, 0.2) is 5.78 Å². The third kappa shape index (κ3) is 4.06. The van der Waals surface area contributed by atoms with Crippen LogP contribution in [0.15, 0.2) is 24.3 Å². The number of benzene rings is 1. The van der Waals surface area contributed by atoms with Crippen LogP contribution in [0.1, 0.15) is 49.4 Å². The molecule has 0 radical (unpaired) electrons. The second-order valence-corrected chi connectivity index (χ2v) is 7.37. The summed E-state index contributed by atoms with van der Waals surface area (Å²) in [5.74, 6) is -0.0779. The Morgan fingerprint density at radius 3 is 2.38 bits per heavy atom. The molecule has 6 heteroatoms. The van der Waals surface area contributed by atoms with E-state index >= 15 is 0 Å². The summed E-state index contributed by atoms with van der Waals surface area (Å²) >= 11 is 0. The Kier molecular flexibility index (Phi) is 5.30. The van der Waals surface area contributed by atoms with Crippen LogP contribution in [0.2, 0.25) is 0 Å². The Morgan fingerprint density at radius 2 is 1.85 bits per heavy atom. The number of likely N-dealkylation sites (tertiary alicyclic amines) is 1. The van der Waals surface area contributed by atoms with Gasteiger partial charge in [0.2, 0.25) is 5.91 Å². The Hall–Kier alpha value is -2.37. The number of carboxylic acids is 1. The molecule has 1 aliphatic carbocycles. The first kappa shape index (κ1) is 18.4. The van der Waals surface area contributed by atoms with Crippen molar-refractivity contribution in [2.45, 2.75) is 39.0 Å². The SMILES string of the molecule is CC(=O)c1ccc(OCCCC(=O)N2CCC3(CC2)CC3C(=O)O)cc1. The van der Waals surface area contributed by atoms with Crippen LogP contribution in [0.3, 0.4) is 0 Å². The fourth-order valence-corrected chi connectivity index (χ4v) is 3.81. The number of Topliss-reactive ketones (excluding diaryl/α,β-unsaturated/α-hetero) is 1. The lowest BCUT2D eigenvalue weighted by atomic mass is 9.90. The molecule has 1 heterocycles. The van der Waals surface area contributed by atoms with Gasteiger partial charge in [0.25, 0.3) is 0 Å². The highest BCUT2D eigenvalue weighted by molar-refractivity contribution is 5.94. The van der Waals surface area contributed by atoms with Gasteiger partial charge in [0.05, 0.1) is 12.5 Å². The van der Waals surface area contributed by atoms with Gasteiger partial charge in [-0.05, 0) is 62.3 Å². The molecule has 1 amide bonds. The largest absolute Gasteiger partial charge is 0.494 e. The van der Waals surface area contributed by atoms with Crippen molar-refractivity contribution in [2.75, 3.05) is 19.7 Å². The molecule has 1 aromatic carbocycles. The number of carbonyl (C=O) groups is 3. The number of hydrogen-bond donors (Lipinski definition) is 1. The number of amides is 1. The third-order valence-electron chi connectivity index (χ3n) is 5.66. The van der Waals surface area contributed by atoms with Crippen molar-refractivity contribution in [3.63, 3.8) is 0 Å². The van der Waals surface area contributed by atoms with Crippen molar-refractivity contribution in [1.82, 2.24) is 4.90 Å².